The highest BCUT2D eigenvalue weighted by atomic mass is 16.3. The zero-order chi connectivity index (χ0) is 12.0. The van der Waals surface area contributed by atoms with Gasteiger partial charge in [0.05, 0.1) is 5.39 Å². The van der Waals surface area contributed by atoms with Gasteiger partial charge in [0.15, 0.2) is 0 Å². The molecule has 0 fully saturated rings. The molecule has 0 unspecified atom stereocenters. The number of phenolic OH excluding ortho intramolecular Hbond substituents is 3. The Morgan fingerprint density at radius 3 is 1.88 bits per heavy atom. The predicted molar refractivity (Wildman–Crippen MR) is 66.4 cm³/mol. The first-order valence-corrected chi connectivity index (χ1v) is 5.24. The van der Waals surface area contributed by atoms with Crippen molar-refractivity contribution in [3.05, 3.63) is 42.5 Å². The summed E-state index contributed by atoms with van der Waals surface area (Å²) in [5.41, 5.74) is 0. The molecule has 0 heterocycles. The van der Waals surface area contributed by atoms with E-state index in [0.717, 1.165) is 0 Å². The fourth-order valence-corrected chi connectivity index (χ4v) is 2.16. The Bertz CT molecular complexity index is 732. The Hall–Kier alpha value is -2.42. The van der Waals surface area contributed by atoms with Gasteiger partial charge in [0.1, 0.15) is 17.2 Å². The van der Waals surface area contributed by atoms with E-state index < -0.39 is 0 Å². The lowest BCUT2D eigenvalue weighted by Gasteiger charge is -2.10. The second kappa shape index (κ2) is 3.28. The zero-order valence-electron chi connectivity index (χ0n) is 8.88. The molecular formula is C14H10O3. The molecule has 84 valence electrons. The van der Waals surface area contributed by atoms with Crippen LogP contribution in [-0.4, -0.2) is 15.3 Å². The first kappa shape index (κ1) is 9.78. The van der Waals surface area contributed by atoms with Crippen LogP contribution in [0.25, 0.3) is 21.5 Å². The summed E-state index contributed by atoms with van der Waals surface area (Å²) in [6, 6.07) is 11.8. The van der Waals surface area contributed by atoms with Crippen LogP contribution < -0.4 is 0 Å². The highest BCUT2D eigenvalue weighted by molar-refractivity contribution is 6.12. The third-order valence-corrected chi connectivity index (χ3v) is 2.97. The molecule has 0 amide bonds. The Morgan fingerprint density at radius 1 is 0.588 bits per heavy atom. The van der Waals surface area contributed by atoms with Crippen LogP contribution >= 0.6 is 0 Å². The van der Waals surface area contributed by atoms with Crippen molar-refractivity contribution < 1.29 is 15.3 Å². The maximum absolute atomic E-state index is 10.1. The average molecular weight is 226 g/mol. The highest BCUT2D eigenvalue weighted by Gasteiger charge is 2.14. The van der Waals surface area contributed by atoms with E-state index in [1.165, 1.54) is 6.07 Å². The van der Waals surface area contributed by atoms with Crippen molar-refractivity contribution >= 4 is 21.5 Å². The van der Waals surface area contributed by atoms with E-state index in [0.29, 0.717) is 16.2 Å². The van der Waals surface area contributed by atoms with Gasteiger partial charge in [-0.15, -0.1) is 0 Å². The molecule has 3 aromatic carbocycles. The molecule has 0 saturated heterocycles. The third kappa shape index (κ3) is 1.22. The molecule has 3 N–H and O–H groups in total. The second-order valence-electron chi connectivity index (χ2n) is 3.94. The van der Waals surface area contributed by atoms with Gasteiger partial charge in [0.25, 0.3) is 0 Å². The summed E-state index contributed by atoms with van der Waals surface area (Å²) >= 11 is 0. The molecule has 3 nitrogen and oxygen atoms in total. The number of fused-ring (bicyclic) bond motifs is 2. The van der Waals surface area contributed by atoms with E-state index in [9.17, 15) is 15.3 Å². The van der Waals surface area contributed by atoms with Gasteiger partial charge in [-0.05, 0) is 6.07 Å². The smallest absolute Gasteiger partial charge is 0.135 e. The standard InChI is InChI=1S/C14H10O3/c15-11-7-3-6-10-12(11)14(17)9-5-2-1-4-8(9)13(10)16/h1-7,15-17H. The first-order chi connectivity index (χ1) is 8.20. The minimum Gasteiger partial charge on any atom is -0.507 e. The molecule has 0 atom stereocenters. The van der Waals surface area contributed by atoms with Gasteiger partial charge in [-0.2, -0.15) is 0 Å². The molecule has 3 heteroatoms. The van der Waals surface area contributed by atoms with Crippen LogP contribution in [-0.2, 0) is 0 Å². The molecule has 0 bridgehead atoms. The van der Waals surface area contributed by atoms with Crippen LogP contribution in [0.1, 0.15) is 0 Å². The van der Waals surface area contributed by atoms with Crippen molar-refractivity contribution in [3.8, 4) is 17.2 Å². The van der Waals surface area contributed by atoms with Crippen LogP contribution in [0.2, 0.25) is 0 Å². The van der Waals surface area contributed by atoms with E-state index in [2.05, 4.69) is 0 Å². The molecule has 0 aromatic heterocycles. The van der Waals surface area contributed by atoms with Crippen LogP contribution in [0.5, 0.6) is 17.2 Å². The van der Waals surface area contributed by atoms with Crippen molar-refractivity contribution in [1.82, 2.24) is 0 Å². The monoisotopic (exact) mass is 226 g/mol. The number of benzene rings is 3. The van der Waals surface area contributed by atoms with E-state index in [1.54, 1.807) is 36.4 Å². The molecule has 0 spiro atoms. The van der Waals surface area contributed by atoms with Crippen molar-refractivity contribution in [2.75, 3.05) is 0 Å². The van der Waals surface area contributed by atoms with E-state index in [-0.39, 0.29) is 22.6 Å². The van der Waals surface area contributed by atoms with Gasteiger partial charge in [-0.3, -0.25) is 0 Å². The van der Waals surface area contributed by atoms with Gasteiger partial charge in [0.2, 0.25) is 0 Å². The number of hydrogen-bond donors (Lipinski definition) is 3. The zero-order valence-corrected chi connectivity index (χ0v) is 8.88. The minimum atomic E-state index is -0.0407. The quantitative estimate of drug-likeness (QED) is 0.407. The average Bonchev–Trinajstić information content (AvgIpc) is 2.36. The van der Waals surface area contributed by atoms with E-state index in [4.69, 9.17) is 0 Å². The Morgan fingerprint density at radius 2 is 1.18 bits per heavy atom. The minimum absolute atomic E-state index is 0.00787. The molecule has 17 heavy (non-hydrogen) atoms. The summed E-state index contributed by atoms with van der Waals surface area (Å²) in [4.78, 5) is 0. The summed E-state index contributed by atoms with van der Waals surface area (Å²) in [6.45, 7) is 0. The Balaban J connectivity index is 2.69. The maximum atomic E-state index is 10.1. The molecule has 0 aliphatic heterocycles. The summed E-state index contributed by atoms with van der Waals surface area (Å²) in [5.74, 6) is 0.0249. The van der Waals surface area contributed by atoms with Gasteiger partial charge < -0.3 is 15.3 Å². The molecule has 0 aliphatic rings. The normalized spacial score (nSPS) is 11.1. The Kier molecular flexibility index (Phi) is 1.89. The number of aromatic hydroxyl groups is 3. The second-order valence-corrected chi connectivity index (χ2v) is 3.94. The van der Waals surface area contributed by atoms with Crippen LogP contribution in [0.4, 0.5) is 0 Å². The van der Waals surface area contributed by atoms with Crippen LogP contribution in [0.3, 0.4) is 0 Å². The first-order valence-electron chi connectivity index (χ1n) is 5.24. The number of phenols is 3. The maximum Gasteiger partial charge on any atom is 0.135 e. The Labute approximate surface area is 97.2 Å². The molecule has 3 rings (SSSR count). The number of hydrogen-bond acceptors (Lipinski definition) is 3. The van der Waals surface area contributed by atoms with Gasteiger partial charge in [0, 0.05) is 16.2 Å². The molecule has 0 aliphatic carbocycles. The van der Waals surface area contributed by atoms with Crippen molar-refractivity contribution in [2.24, 2.45) is 0 Å². The van der Waals surface area contributed by atoms with E-state index >= 15 is 0 Å². The molecule has 0 saturated carbocycles. The lowest BCUT2D eigenvalue weighted by atomic mass is 10.0. The topological polar surface area (TPSA) is 60.7 Å². The largest absolute Gasteiger partial charge is 0.507 e. The van der Waals surface area contributed by atoms with Crippen molar-refractivity contribution in [3.63, 3.8) is 0 Å². The van der Waals surface area contributed by atoms with Gasteiger partial charge >= 0.3 is 0 Å². The summed E-state index contributed by atoms with van der Waals surface area (Å²) in [7, 11) is 0. The van der Waals surface area contributed by atoms with Crippen LogP contribution in [0.15, 0.2) is 42.5 Å². The molecular weight excluding hydrogens is 216 g/mol. The predicted octanol–water partition coefficient (Wildman–Crippen LogP) is 3.11. The third-order valence-electron chi connectivity index (χ3n) is 2.97. The SMILES string of the molecule is Oc1c2ccccc2c(O)c2c(O)cccc12. The van der Waals surface area contributed by atoms with Crippen molar-refractivity contribution in [1.29, 1.82) is 0 Å². The number of rotatable bonds is 0. The van der Waals surface area contributed by atoms with E-state index in [1.807, 2.05) is 0 Å². The fraction of sp³-hybridized carbons (Fsp3) is 0. The molecule has 3 aromatic rings. The van der Waals surface area contributed by atoms with Gasteiger partial charge in [-0.1, -0.05) is 36.4 Å². The van der Waals surface area contributed by atoms with Crippen molar-refractivity contribution in [2.45, 2.75) is 0 Å². The van der Waals surface area contributed by atoms with Crippen LogP contribution in [0, 0.1) is 0 Å². The summed E-state index contributed by atoms with van der Waals surface area (Å²) in [6.07, 6.45) is 0. The highest BCUT2D eigenvalue weighted by Crippen LogP contribution is 2.44. The lowest BCUT2D eigenvalue weighted by Crippen LogP contribution is -1.81. The van der Waals surface area contributed by atoms with Gasteiger partial charge in [-0.25, -0.2) is 0 Å². The fourth-order valence-electron chi connectivity index (χ4n) is 2.16. The summed E-state index contributed by atoms with van der Waals surface area (Å²) in [5, 5.41) is 31.9. The lowest BCUT2D eigenvalue weighted by molar-refractivity contribution is 0.463. The molecule has 0 radical (unpaired) electrons. The summed E-state index contributed by atoms with van der Waals surface area (Å²) < 4.78 is 0.